The fourth-order valence-electron chi connectivity index (χ4n) is 3.11. The minimum Gasteiger partial charge on any atom is -0.507 e. The number of hydrogen-bond acceptors (Lipinski definition) is 5. The van der Waals surface area contributed by atoms with E-state index in [1.807, 2.05) is 0 Å². The van der Waals surface area contributed by atoms with Gasteiger partial charge in [0.2, 0.25) is 0 Å². The van der Waals surface area contributed by atoms with Crippen LogP contribution in [-0.4, -0.2) is 38.5 Å². The number of alkyl halides is 1. The lowest BCUT2D eigenvalue weighted by Crippen LogP contribution is -2.31. The molecule has 1 aliphatic heterocycles. The molecule has 8 heteroatoms. The van der Waals surface area contributed by atoms with Crippen LogP contribution in [0.5, 0.6) is 0 Å². The van der Waals surface area contributed by atoms with Crippen LogP contribution in [0.15, 0.2) is 60.2 Å². The van der Waals surface area contributed by atoms with Crippen molar-refractivity contribution in [3.8, 4) is 0 Å². The number of non-ortho nitro benzene ring substituents is 1. The number of aliphatic hydroxyl groups is 1. The topological polar surface area (TPSA) is 101 Å². The summed E-state index contributed by atoms with van der Waals surface area (Å²) in [5.41, 5.74) is 0.552. The van der Waals surface area contributed by atoms with Crippen LogP contribution in [0.2, 0.25) is 0 Å². The molecule has 0 aliphatic carbocycles. The molecule has 3 rings (SSSR count). The number of rotatable bonds is 5. The molecule has 0 aromatic heterocycles. The molecule has 1 aliphatic rings. The van der Waals surface area contributed by atoms with Gasteiger partial charge in [0.1, 0.15) is 5.76 Å². The first-order chi connectivity index (χ1) is 13.0. The SMILES string of the molecule is O=C1C(=O)N(CCBr)C(c2cccc([N+](=O)[O-])c2)C1=C(O)c1ccccc1. The number of nitrogens with zero attached hydrogens (tertiary/aromatic N) is 2. The number of likely N-dealkylation sites (tertiary alicyclic amines) is 1. The van der Waals surface area contributed by atoms with Gasteiger partial charge in [0.05, 0.1) is 16.5 Å². The largest absolute Gasteiger partial charge is 0.507 e. The Bertz CT molecular complexity index is 942. The molecule has 0 spiro atoms. The minimum absolute atomic E-state index is 0.0763. The van der Waals surface area contributed by atoms with Crippen molar-refractivity contribution in [2.45, 2.75) is 6.04 Å². The predicted molar refractivity (Wildman–Crippen MR) is 102 cm³/mol. The van der Waals surface area contributed by atoms with E-state index in [-0.39, 0.29) is 23.6 Å². The Balaban J connectivity index is 2.21. The second kappa shape index (κ2) is 7.71. The lowest BCUT2D eigenvalue weighted by Gasteiger charge is -2.24. The van der Waals surface area contributed by atoms with E-state index in [1.165, 1.54) is 23.1 Å². The van der Waals surface area contributed by atoms with E-state index < -0.39 is 22.7 Å². The summed E-state index contributed by atoms with van der Waals surface area (Å²) >= 11 is 3.25. The predicted octanol–water partition coefficient (Wildman–Crippen LogP) is 3.41. The van der Waals surface area contributed by atoms with Crippen LogP contribution in [0, 0.1) is 10.1 Å². The summed E-state index contributed by atoms with van der Waals surface area (Å²) in [5, 5.41) is 22.3. The maximum Gasteiger partial charge on any atom is 0.295 e. The average Bonchev–Trinajstić information content (AvgIpc) is 2.93. The second-order valence-electron chi connectivity index (χ2n) is 5.90. The fraction of sp³-hybridized carbons (Fsp3) is 0.158. The normalized spacial score (nSPS) is 18.7. The van der Waals surface area contributed by atoms with Gasteiger partial charge in [-0.25, -0.2) is 0 Å². The summed E-state index contributed by atoms with van der Waals surface area (Å²) in [7, 11) is 0. The van der Waals surface area contributed by atoms with Crippen LogP contribution in [0.3, 0.4) is 0 Å². The van der Waals surface area contributed by atoms with Crippen LogP contribution in [0.1, 0.15) is 17.2 Å². The molecular formula is C19H15BrN2O5. The summed E-state index contributed by atoms with van der Waals surface area (Å²) in [5.74, 6) is -1.86. The molecule has 1 amide bonds. The Morgan fingerprint density at radius 1 is 1.15 bits per heavy atom. The van der Waals surface area contributed by atoms with Crippen LogP contribution in [0.4, 0.5) is 5.69 Å². The molecule has 0 bridgehead atoms. The van der Waals surface area contributed by atoms with E-state index in [2.05, 4.69) is 15.9 Å². The van der Waals surface area contributed by atoms with Crippen molar-refractivity contribution in [1.82, 2.24) is 4.90 Å². The summed E-state index contributed by atoms with van der Waals surface area (Å²) in [6.45, 7) is 0.212. The highest BCUT2D eigenvalue weighted by atomic mass is 79.9. The van der Waals surface area contributed by atoms with Gasteiger partial charge in [0.25, 0.3) is 17.4 Å². The number of ketones is 1. The average molecular weight is 431 g/mol. The third kappa shape index (κ3) is 3.48. The monoisotopic (exact) mass is 430 g/mol. The number of aliphatic hydroxyl groups excluding tert-OH is 1. The van der Waals surface area contributed by atoms with Gasteiger partial charge in [0.15, 0.2) is 0 Å². The van der Waals surface area contributed by atoms with Crippen molar-refractivity contribution in [3.05, 3.63) is 81.4 Å². The first-order valence-corrected chi connectivity index (χ1v) is 9.22. The van der Waals surface area contributed by atoms with E-state index in [0.717, 1.165) is 0 Å². The molecule has 2 aromatic rings. The third-order valence-corrected chi connectivity index (χ3v) is 4.66. The summed E-state index contributed by atoms with van der Waals surface area (Å²) in [6.07, 6.45) is 0. The lowest BCUT2D eigenvalue weighted by atomic mass is 9.95. The Morgan fingerprint density at radius 3 is 2.48 bits per heavy atom. The van der Waals surface area contributed by atoms with E-state index in [0.29, 0.717) is 16.5 Å². The molecule has 1 N–H and O–H groups in total. The van der Waals surface area contributed by atoms with Crippen molar-refractivity contribution in [2.75, 3.05) is 11.9 Å². The van der Waals surface area contributed by atoms with Gasteiger partial charge in [-0.1, -0.05) is 58.4 Å². The Kier molecular flexibility index (Phi) is 5.36. The molecule has 138 valence electrons. The van der Waals surface area contributed by atoms with Gasteiger partial charge in [-0.15, -0.1) is 0 Å². The molecular weight excluding hydrogens is 416 g/mol. The summed E-state index contributed by atoms with van der Waals surface area (Å²) in [6, 6.07) is 13.2. The standard InChI is InChI=1S/C19H15BrN2O5/c20-9-10-21-16(13-7-4-8-14(11-13)22(26)27)15(18(24)19(21)25)17(23)12-5-2-1-3-6-12/h1-8,11,16,23H,9-10H2. The molecule has 7 nitrogen and oxygen atoms in total. The molecule has 0 saturated carbocycles. The van der Waals surface area contributed by atoms with Gasteiger partial charge in [0, 0.05) is 29.6 Å². The third-order valence-electron chi connectivity index (χ3n) is 4.31. The number of nitro groups is 1. The highest BCUT2D eigenvalue weighted by Gasteiger charge is 2.46. The summed E-state index contributed by atoms with van der Waals surface area (Å²) < 4.78 is 0. The fourth-order valence-corrected chi connectivity index (χ4v) is 3.49. The van der Waals surface area contributed by atoms with Gasteiger partial charge >= 0.3 is 0 Å². The number of amides is 1. The number of halogens is 1. The molecule has 1 saturated heterocycles. The number of benzene rings is 2. The zero-order valence-corrected chi connectivity index (χ0v) is 15.6. The molecule has 1 unspecified atom stereocenters. The highest BCUT2D eigenvalue weighted by Crippen LogP contribution is 2.40. The van der Waals surface area contributed by atoms with Crippen LogP contribution in [-0.2, 0) is 9.59 Å². The van der Waals surface area contributed by atoms with E-state index in [4.69, 9.17) is 0 Å². The smallest absolute Gasteiger partial charge is 0.295 e. The van der Waals surface area contributed by atoms with Crippen molar-refractivity contribution in [3.63, 3.8) is 0 Å². The zero-order valence-electron chi connectivity index (χ0n) is 14.0. The van der Waals surface area contributed by atoms with Crippen LogP contribution < -0.4 is 0 Å². The lowest BCUT2D eigenvalue weighted by molar-refractivity contribution is -0.384. The maximum atomic E-state index is 12.6. The van der Waals surface area contributed by atoms with Gasteiger partial charge in [-0.05, 0) is 5.56 Å². The van der Waals surface area contributed by atoms with Crippen molar-refractivity contribution in [1.29, 1.82) is 0 Å². The molecule has 1 heterocycles. The van der Waals surface area contributed by atoms with E-state index in [9.17, 15) is 24.8 Å². The highest BCUT2D eigenvalue weighted by molar-refractivity contribution is 9.09. The van der Waals surface area contributed by atoms with E-state index >= 15 is 0 Å². The molecule has 1 fully saturated rings. The van der Waals surface area contributed by atoms with Crippen LogP contribution in [0.25, 0.3) is 5.76 Å². The minimum atomic E-state index is -0.900. The molecule has 0 radical (unpaired) electrons. The van der Waals surface area contributed by atoms with Crippen molar-refractivity contribution in [2.24, 2.45) is 0 Å². The van der Waals surface area contributed by atoms with Gasteiger partial charge in [-0.3, -0.25) is 19.7 Å². The number of Topliss-reactive ketones (excluding diaryl/α,β-unsaturated/α-hetero) is 1. The molecule has 27 heavy (non-hydrogen) atoms. The number of hydrogen-bond donors (Lipinski definition) is 1. The quantitative estimate of drug-likeness (QED) is 0.195. The van der Waals surface area contributed by atoms with Crippen molar-refractivity contribution < 1.29 is 19.6 Å². The van der Waals surface area contributed by atoms with Gasteiger partial charge < -0.3 is 10.0 Å². The van der Waals surface area contributed by atoms with Crippen LogP contribution >= 0.6 is 15.9 Å². The number of nitro benzene ring substituents is 1. The number of carbonyl (C=O) groups is 2. The maximum absolute atomic E-state index is 12.6. The number of carbonyl (C=O) groups excluding carboxylic acids is 2. The molecule has 1 atom stereocenters. The Labute approximate surface area is 163 Å². The van der Waals surface area contributed by atoms with E-state index in [1.54, 1.807) is 36.4 Å². The summed E-state index contributed by atoms with van der Waals surface area (Å²) in [4.78, 5) is 37.1. The van der Waals surface area contributed by atoms with Crippen molar-refractivity contribution >= 4 is 39.1 Å². The Morgan fingerprint density at radius 2 is 1.85 bits per heavy atom. The van der Waals surface area contributed by atoms with Gasteiger partial charge in [-0.2, -0.15) is 0 Å². The molecule has 2 aromatic carbocycles. The zero-order chi connectivity index (χ0) is 19.6. The Hall–Kier alpha value is -3.00. The first kappa shape index (κ1) is 18.8. The first-order valence-electron chi connectivity index (χ1n) is 8.10. The second-order valence-corrected chi connectivity index (χ2v) is 6.69.